The molecule has 2 aromatic rings. The Kier molecular flexibility index (Phi) is 4.70. The van der Waals surface area contributed by atoms with E-state index in [-0.39, 0.29) is 10.6 Å². The van der Waals surface area contributed by atoms with E-state index in [4.69, 9.17) is 0 Å². The Hall–Kier alpha value is -2.21. The van der Waals surface area contributed by atoms with Crippen molar-refractivity contribution in [1.82, 2.24) is 9.88 Å². The lowest BCUT2D eigenvalue weighted by atomic mass is 10.1. The standard InChI is InChI=1S/C15H20N4O2/c1-11(2)18(3)10-9-17-14-7-6-13-12(5-4-8-16-13)15(14)19(20)21/h4-8,11,17H,9-10H2,1-3H3. The summed E-state index contributed by atoms with van der Waals surface area (Å²) in [7, 11) is 2.03. The maximum atomic E-state index is 11.4. The normalized spacial score (nSPS) is 11.3. The minimum absolute atomic E-state index is 0.0906. The molecule has 0 saturated carbocycles. The molecule has 0 aliphatic heterocycles. The number of nitro benzene ring substituents is 1. The Balaban J connectivity index is 2.23. The minimum Gasteiger partial charge on any atom is -0.378 e. The van der Waals surface area contributed by atoms with E-state index in [0.717, 1.165) is 6.54 Å². The lowest BCUT2D eigenvalue weighted by Gasteiger charge is -2.21. The van der Waals surface area contributed by atoms with Crippen LogP contribution in [0.4, 0.5) is 11.4 Å². The van der Waals surface area contributed by atoms with Crippen LogP contribution in [0.25, 0.3) is 10.9 Å². The van der Waals surface area contributed by atoms with Crippen molar-refractivity contribution in [3.8, 4) is 0 Å². The molecule has 1 heterocycles. The van der Waals surface area contributed by atoms with Gasteiger partial charge in [-0.25, -0.2) is 0 Å². The summed E-state index contributed by atoms with van der Waals surface area (Å²) in [5.41, 5.74) is 1.26. The van der Waals surface area contributed by atoms with E-state index in [0.29, 0.717) is 29.2 Å². The van der Waals surface area contributed by atoms with E-state index in [2.05, 4.69) is 29.0 Å². The maximum Gasteiger partial charge on any atom is 0.301 e. The van der Waals surface area contributed by atoms with E-state index < -0.39 is 0 Å². The lowest BCUT2D eigenvalue weighted by molar-refractivity contribution is -0.382. The van der Waals surface area contributed by atoms with Crippen molar-refractivity contribution in [2.75, 3.05) is 25.5 Å². The van der Waals surface area contributed by atoms with Gasteiger partial charge in [-0.15, -0.1) is 0 Å². The van der Waals surface area contributed by atoms with Crippen molar-refractivity contribution in [1.29, 1.82) is 0 Å². The Morgan fingerprint density at radius 3 is 2.81 bits per heavy atom. The van der Waals surface area contributed by atoms with E-state index >= 15 is 0 Å². The SMILES string of the molecule is CC(C)N(C)CCNc1ccc2ncccc2c1[N+](=O)[O-]. The summed E-state index contributed by atoms with van der Waals surface area (Å²) in [6, 6.07) is 7.42. The highest BCUT2D eigenvalue weighted by Gasteiger charge is 2.18. The number of likely N-dealkylation sites (N-methyl/N-ethyl adjacent to an activating group) is 1. The molecule has 0 saturated heterocycles. The molecule has 0 aliphatic rings. The van der Waals surface area contributed by atoms with E-state index in [9.17, 15) is 10.1 Å². The van der Waals surface area contributed by atoms with Crippen LogP contribution >= 0.6 is 0 Å². The van der Waals surface area contributed by atoms with Crippen molar-refractivity contribution in [2.24, 2.45) is 0 Å². The summed E-state index contributed by atoms with van der Waals surface area (Å²) in [5.74, 6) is 0. The molecule has 0 fully saturated rings. The van der Waals surface area contributed by atoms with Crippen LogP contribution in [0.1, 0.15) is 13.8 Å². The zero-order chi connectivity index (χ0) is 15.4. The number of hydrogen-bond acceptors (Lipinski definition) is 5. The van der Waals surface area contributed by atoms with Gasteiger partial charge in [0.2, 0.25) is 0 Å². The predicted octanol–water partition coefficient (Wildman–Crippen LogP) is 2.90. The fraction of sp³-hybridized carbons (Fsp3) is 0.400. The van der Waals surface area contributed by atoms with Crippen LogP contribution in [0.2, 0.25) is 0 Å². The van der Waals surface area contributed by atoms with Gasteiger partial charge in [0.05, 0.1) is 15.8 Å². The molecule has 1 N–H and O–H groups in total. The molecular formula is C15H20N4O2. The number of pyridine rings is 1. The Morgan fingerprint density at radius 1 is 1.38 bits per heavy atom. The first-order valence-corrected chi connectivity index (χ1v) is 6.97. The van der Waals surface area contributed by atoms with Gasteiger partial charge in [-0.1, -0.05) is 0 Å². The summed E-state index contributed by atoms with van der Waals surface area (Å²) in [4.78, 5) is 17.4. The summed E-state index contributed by atoms with van der Waals surface area (Å²) in [5, 5.41) is 15.1. The molecule has 0 aliphatic carbocycles. The van der Waals surface area contributed by atoms with E-state index in [1.54, 1.807) is 30.5 Å². The average molecular weight is 288 g/mol. The van der Waals surface area contributed by atoms with Crippen molar-refractivity contribution < 1.29 is 4.92 Å². The molecular weight excluding hydrogens is 268 g/mol. The molecule has 0 amide bonds. The van der Waals surface area contributed by atoms with Crippen molar-refractivity contribution in [3.05, 3.63) is 40.6 Å². The second-order valence-electron chi connectivity index (χ2n) is 5.29. The first kappa shape index (κ1) is 15.2. The number of nitrogens with one attached hydrogen (secondary N) is 1. The zero-order valence-electron chi connectivity index (χ0n) is 12.5. The van der Waals surface area contributed by atoms with Crippen LogP contribution in [-0.4, -0.2) is 41.0 Å². The van der Waals surface area contributed by atoms with Crippen LogP contribution < -0.4 is 5.32 Å². The molecule has 0 bridgehead atoms. The van der Waals surface area contributed by atoms with Crippen LogP contribution in [0.15, 0.2) is 30.5 Å². The van der Waals surface area contributed by atoms with Gasteiger partial charge in [-0.3, -0.25) is 15.1 Å². The van der Waals surface area contributed by atoms with Crippen LogP contribution in [0.5, 0.6) is 0 Å². The second kappa shape index (κ2) is 6.49. The molecule has 0 unspecified atom stereocenters. The highest BCUT2D eigenvalue weighted by Crippen LogP contribution is 2.32. The zero-order valence-corrected chi connectivity index (χ0v) is 12.5. The quantitative estimate of drug-likeness (QED) is 0.653. The molecule has 0 spiro atoms. The predicted molar refractivity (Wildman–Crippen MR) is 84.7 cm³/mol. The highest BCUT2D eigenvalue weighted by atomic mass is 16.6. The van der Waals surface area contributed by atoms with Gasteiger partial charge in [-0.2, -0.15) is 0 Å². The number of rotatable bonds is 6. The lowest BCUT2D eigenvalue weighted by Crippen LogP contribution is -2.31. The number of fused-ring (bicyclic) bond motifs is 1. The third-order valence-corrected chi connectivity index (χ3v) is 3.60. The molecule has 21 heavy (non-hydrogen) atoms. The summed E-state index contributed by atoms with van der Waals surface area (Å²) >= 11 is 0. The van der Waals surface area contributed by atoms with Crippen LogP contribution in [0, 0.1) is 10.1 Å². The molecule has 0 radical (unpaired) electrons. The van der Waals surface area contributed by atoms with Crippen molar-refractivity contribution in [3.63, 3.8) is 0 Å². The third kappa shape index (κ3) is 3.46. The van der Waals surface area contributed by atoms with Gasteiger partial charge in [-0.05, 0) is 45.2 Å². The number of anilines is 1. The average Bonchev–Trinajstić information content (AvgIpc) is 2.46. The van der Waals surface area contributed by atoms with Crippen LogP contribution in [0.3, 0.4) is 0 Å². The maximum absolute atomic E-state index is 11.4. The van der Waals surface area contributed by atoms with Gasteiger partial charge in [0.15, 0.2) is 0 Å². The molecule has 2 rings (SSSR count). The van der Waals surface area contributed by atoms with E-state index in [1.165, 1.54) is 0 Å². The first-order valence-electron chi connectivity index (χ1n) is 6.97. The minimum atomic E-state index is -0.349. The Labute approximate surface area is 123 Å². The largest absolute Gasteiger partial charge is 0.378 e. The number of nitro groups is 1. The highest BCUT2D eigenvalue weighted by molar-refractivity contribution is 5.94. The van der Waals surface area contributed by atoms with Crippen molar-refractivity contribution >= 4 is 22.3 Å². The first-order chi connectivity index (χ1) is 10.0. The number of nitrogens with zero attached hydrogens (tertiary/aromatic N) is 3. The molecule has 112 valence electrons. The molecule has 1 aromatic carbocycles. The number of aromatic nitrogens is 1. The number of hydrogen-bond donors (Lipinski definition) is 1. The van der Waals surface area contributed by atoms with Gasteiger partial charge >= 0.3 is 5.69 Å². The van der Waals surface area contributed by atoms with Gasteiger partial charge in [0, 0.05) is 25.3 Å². The van der Waals surface area contributed by atoms with Crippen molar-refractivity contribution in [2.45, 2.75) is 19.9 Å². The Bertz CT molecular complexity index is 643. The molecule has 6 nitrogen and oxygen atoms in total. The van der Waals surface area contributed by atoms with Gasteiger partial charge in [0.25, 0.3) is 0 Å². The fourth-order valence-corrected chi connectivity index (χ4v) is 2.10. The fourth-order valence-electron chi connectivity index (χ4n) is 2.10. The van der Waals surface area contributed by atoms with Crippen LogP contribution in [-0.2, 0) is 0 Å². The summed E-state index contributed by atoms with van der Waals surface area (Å²) < 4.78 is 0. The monoisotopic (exact) mass is 288 g/mol. The smallest absolute Gasteiger partial charge is 0.301 e. The Morgan fingerprint density at radius 2 is 2.14 bits per heavy atom. The second-order valence-corrected chi connectivity index (χ2v) is 5.29. The third-order valence-electron chi connectivity index (χ3n) is 3.60. The molecule has 6 heteroatoms. The summed E-state index contributed by atoms with van der Waals surface area (Å²) in [6.45, 7) is 5.70. The van der Waals surface area contributed by atoms with Gasteiger partial charge in [0.1, 0.15) is 5.69 Å². The number of benzene rings is 1. The molecule has 1 aromatic heterocycles. The topological polar surface area (TPSA) is 71.3 Å². The van der Waals surface area contributed by atoms with Gasteiger partial charge < -0.3 is 10.2 Å². The van der Waals surface area contributed by atoms with E-state index in [1.807, 2.05) is 7.05 Å². The summed E-state index contributed by atoms with van der Waals surface area (Å²) in [6.07, 6.45) is 1.64. The molecule has 0 atom stereocenters.